The maximum absolute atomic E-state index is 12.3. The van der Waals surface area contributed by atoms with E-state index in [0.29, 0.717) is 24.2 Å². The number of nitrogens with two attached hydrogens (primary N) is 1. The number of nitrogens with one attached hydrogen (secondary N) is 1. The number of aliphatic carboxylic acids is 1. The van der Waals surface area contributed by atoms with Gasteiger partial charge in [-0.15, -0.1) is 0 Å². The zero-order valence-electron chi connectivity index (χ0n) is 13.0. The van der Waals surface area contributed by atoms with Crippen molar-refractivity contribution in [2.75, 3.05) is 25.0 Å². The van der Waals surface area contributed by atoms with Crippen molar-refractivity contribution in [3.63, 3.8) is 0 Å². The highest BCUT2D eigenvalue weighted by molar-refractivity contribution is 5.99. The zero-order chi connectivity index (χ0) is 17.0. The van der Waals surface area contributed by atoms with Gasteiger partial charge in [0.1, 0.15) is 0 Å². The minimum Gasteiger partial charge on any atom is -0.481 e. The number of carbonyl (C=O) groups is 3. The fourth-order valence-electron chi connectivity index (χ4n) is 2.87. The molecule has 7 nitrogen and oxygen atoms in total. The third-order valence-corrected chi connectivity index (χ3v) is 3.98. The maximum Gasteiger partial charge on any atom is 0.308 e. The Labute approximate surface area is 134 Å². The normalized spacial score (nSPS) is 20.8. The molecule has 124 valence electrons. The highest BCUT2D eigenvalue weighted by Gasteiger charge is 2.31. The van der Waals surface area contributed by atoms with E-state index in [4.69, 9.17) is 10.8 Å². The van der Waals surface area contributed by atoms with Gasteiger partial charge in [0.2, 0.25) is 5.91 Å². The van der Waals surface area contributed by atoms with Crippen molar-refractivity contribution in [1.82, 2.24) is 4.90 Å². The monoisotopic (exact) mass is 319 g/mol. The van der Waals surface area contributed by atoms with Gasteiger partial charge in [-0.3, -0.25) is 14.4 Å². The van der Waals surface area contributed by atoms with Crippen LogP contribution in [0.2, 0.25) is 0 Å². The minimum absolute atomic E-state index is 0.0106. The smallest absolute Gasteiger partial charge is 0.308 e. The first-order valence-electron chi connectivity index (χ1n) is 7.51. The van der Waals surface area contributed by atoms with Crippen molar-refractivity contribution in [3.05, 3.63) is 29.8 Å². The molecule has 1 fully saturated rings. The number of nitrogens with zero attached hydrogens (tertiary/aromatic N) is 1. The number of likely N-dealkylation sites (tertiary alicyclic amines) is 1. The number of amides is 2. The third-order valence-electron chi connectivity index (χ3n) is 3.98. The Kier molecular flexibility index (Phi) is 5.20. The Hall–Kier alpha value is -2.57. The quantitative estimate of drug-likeness (QED) is 0.742. The van der Waals surface area contributed by atoms with Crippen molar-refractivity contribution in [2.45, 2.75) is 13.3 Å². The molecule has 4 N–H and O–H groups in total. The number of carbonyl (C=O) groups excluding carboxylic acids is 2. The highest BCUT2D eigenvalue weighted by atomic mass is 16.4. The number of piperidine rings is 1. The molecule has 23 heavy (non-hydrogen) atoms. The second-order valence-corrected chi connectivity index (χ2v) is 5.94. The molecule has 2 rings (SSSR count). The molecule has 1 aromatic rings. The second-order valence-electron chi connectivity index (χ2n) is 5.94. The molecule has 1 aliphatic rings. The van der Waals surface area contributed by atoms with Crippen LogP contribution in [0.4, 0.5) is 5.69 Å². The van der Waals surface area contributed by atoms with E-state index in [-0.39, 0.29) is 24.9 Å². The van der Waals surface area contributed by atoms with E-state index < -0.39 is 17.8 Å². The summed E-state index contributed by atoms with van der Waals surface area (Å²) in [4.78, 5) is 36.4. The molecule has 1 aliphatic heterocycles. The van der Waals surface area contributed by atoms with Crippen LogP contribution in [0.3, 0.4) is 0 Å². The number of hydrogen-bond donors (Lipinski definition) is 3. The summed E-state index contributed by atoms with van der Waals surface area (Å²) in [5.74, 6) is -2.02. The van der Waals surface area contributed by atoms with Gasteiger partial charge in [0, 0.05) is 18.8 Å². The summed E-state index contributed by atoms with van der Waals surface area (Å²) in [5.41, 5.74) is 6.10. The van der Waals surface area contributed by atoms with Gasteiger partial charge in [0.05, 0.1) is 18.0 Å². The highest BCUT2D eigenvalue weighted by Crippen LogP contribution is 2.22. The van der Waals surface area contributed by atoms with Gasteiger partial charge in [0.15, 0.2) is 0 Å². The van der Waals surface area contributed by atoms with Gasteiger partial charge < -0.3 is 21.1 Å². The second kappa shape index (κ2) is 7.13. The van der Waals surface area contributed by atoms with Crippen molar-refractivity contribution >= 4 is 23.5 Å². The largest absolute Gasteiger partial charge is 0.481 e. The fourth-order valence-corrected chi connectivity index (χ4v) is 2.87. The predicted molar refractivity (Wildman–Crippen MR) is 84.9 cm³/mol. The average Bonchev–Trinajstić information content (AvgIpc) is 2.52. The number of anilines is 1. The molecular formula is C16H21N3O4. The number of hydrogen-bond acceptors (Lipinski definition) is 4. The number of carboxylic acids is 1. The first kappa shape index (κ1) is 16.8. The van der Waals surface area contributed by atoms with Gasteiger partial charge in [-0.1, -0.05) is 19.1 Å². The molecule has 0 bridgehead atoms. The molecule has 0 saturated carbocycles. The molecule has 1 aromatic carbocycles. The Bertz CT molecular complexity index is 617. The number of para-hydroxylation sites is 1. The Morgan fingerprint density at radius 3 is 2.65 bits per heavy atom. The lowest BCUT2D eigenvalue weighted by atomic mass is 9.90. The zero-order valence-corrected chi connectivity index (χ0v) is 13.0. The molecule has 1 saturated heterocycles. The number of carboxylic acid groups (broad SMARTS) is 1. The number of primary amides is 1. The van der Waals surface area contributed by atoms with Crippen LogP contribution in [-0.4, -0.2) is 47.4 Å². The van der Waals surface area contributed by atoms with E-state index in [9.17, 15) is 14.4 Å². The molecule has 2 unspecified atom stereocenters. The summed E-state index contributed by atoms with van der Waals surface area (Å²) in [6, 6.07) is 6.68. The standard InChI is InChI=1S/C16H21N3O4/c1-10-6-11(16(22)23)9-19(8-10)14(20)7-18-13-5-3-2-4-12(13)15(17)21/h2-5,10-11,18H,6-9H2,1H3,(H2,17,21)(H,22,23). The van der Waals surface area contributed by atoms with Crippen molar-refractivity contribution in [1.29, 1.82) is 0 Å². The van der Waals surface area contributed by atoms with Crippen LogP contribution in [0.1, 0.15) is 23.7 Å². The SMILES string of the molecule is CC1CC(C(=O)O)CN(C(=O)CNc2ccccc2C(N)=O)C1. The molecule has 0 aliphatic carbocycles. The summed E-state index contributed by atoms with van der Waals surface area (Å²) in [5, 5.41) is 12.1. The van der Waals surface area contributed by atoms with Crippen LogP contribution >= 0.6 is 0 Å². The fraction of sp³-hybridized carbons (Fsp3) is 0.438. The van der Waals surface area contributed by atoms with Crippen molar-refractivity contribution in [3.8, 4) is 0 Å². The van der Waals surface area contributed by atoms with Gasteiger partial charge in [0.25, 0.3) is 5.91 Å². The Balaban J connectivity index is 1.99. The average molecular weight is 319 g/mol. The Morgan fingerprint density at radius 1 is 1.30 bits per heavy atom. The summed E-state index contributed by atoms with van der Waals surface area (Å²) >= 11 is 0. The minimum atomic E-state index is -0.874. The van der Waals surface area contributed by atoms with Crippen molar-refractivity contribution < 1.29 is 19.5 Å². The Morgan fingerprint density at radius 2 is 2.00 bits per heavy atom. The number of rotatable bonds is 5. The molecule has 7 heteroatoms. The lowest BCUT2D eigenvalue weighted by Crippen LogP contribution is -2.47. The van der Waals surface area contributed by atoms with Crippen LogP contribution < -0.4 is 11.1 Å². The van der Waals surface area contributed by atoms with Gasteiger partial charge >= 0.3 is 5.97 Å². The first-order valence-corrected chi connectivity index (χ1v) is 7.51. The summed E-state index contributed by atoms with van der Waals surface area (Å²) < 4.78 is 0. The molecule has 0 radical (unpaired) electrons. The van der Waals surface area contributed by atoms with E-state index in [1.165, 1.54) is 0 Å². The summed E-state index contributed by atoms with van der Waals surface area (Å²) in [7, 11) is 0. The first-order chi connectivity index (χ1) is 10.9. The lowest BCUT2D eigenvalue weighted by Gasteiger charge is -2.34. The van der Waals surface area contributed by atoms with E-state index in [2.05, 4.69) is 5.32 Å². The topological polar surface area (TPSA) is 113 Å². The molecule has 0 aromatic heterocycles. The van der Waals surface area contributed by atoms with E-state index >= 15 is 0 Å². The lowest BCUT2D eigenvalue weighted by molar-refractivity contribution is -0.146. The molecule has 0 spiro atoms. The van der Waals surface area contributed by atoms with Crippen LogP contribution in [0.15, 0.2) is 24.3 Å². The van der Waals surface area contributed by atoms with Crippen LogP contribution in [0.25, 0.3) is 0 Å². The third kappa shape index (κ3) is 4.21. The van der Waals surface area contributed by atoms with Crippen molar-refractivity contribution in [2.24, 2.45) is 17.6 Å². The van der Waals surface area contributed by atoms with E-state index in [1.807, 2.05) is 6.92 Å². The predicted octanol–water partition coefficient (Wildman–Crippen LogP) is 0.767. The summed E-state index contributed by atoms with van der Waals surface area (Å²) in [6.45, 7) is 2.69. The number of benzene rings is 1. The maximum atomic E-state index is 12.3. The summed E-state index contributed by atoms with van der Waals surface area (Å²) in [6.07, 6.45) is 0.580. The molecule has 1 heterocycles. The molecule has 2 amide bonds. The van der Waals surface area contributed by atoms with Crippen LogP contribution in [0, 0.1) is 11.8 Å². The molecule has 2 atom stereocenters. The van der Waals surface area contributed by atoms with Gasteiger partial charge in [-0.2, -0.15) is 0 Å². The van der Waals surface area contributed by atoms with Gasteiger partial charge in [-0.25, -0.2) is 0 Å². The van der Waals surface area contributed by atoms with Gasteiger partial charge in [-0.05, 0) is 24.5 Å². The van der Waals surface area contributed by atoms with E-state index in [0.717, 1.165) is 0 Å². The molecular weight excluding hydrogens is 298 g/mol. The van der Waals surface area contributed by atoms with Crippen LogP contribution in [-0.2, 0) is 9.59 Å². The van der Waals surface area contributed by atoms with Crippen LogP contribution in [0.5, 0.6) is 0 Å². The van der Waals surface area contributed by atoms with E-state index in [1.54, 1.807) is 29.2 Å².